The Morgan fingerprint density at radius 2 is 1.90 bits per heavy atom. The summed E-state index contributed by atoms with van der Waals surface area (Å²) in [6.45, 7) is 3.00. The monoisotopic (exact) mass is 290 g/mol. The molecule has 110 valence electrons. The molecule has 0 fully saturated rings. The predicted octanol–water partition coefficient (Wildman–Crippen LogP) is 2.89. The normalized spacial score (nSPS) is 11.1. The zero-order valence-corrected chi connectivity index (χ0v) is 10.9. The fourth-order valence-corrected chi connectivity index (χ4v) is 1.59. The first-order valence-corrected chi connectivity index (χ1v) is 5.78. The molecule has 0 unspecified atom stereocenters. The van der Waals surface area contributed by atoms with E-state index in [1.165, 1.54) is 6.92 Å². The second-order valence-corrected chi connectivity index (χ2v) is 3.97. The first-order valence-electron chi connectivity index (χ1n) is 5.78. The third kappa shape index (κ3) is 4.91. The van der Waals surface area contributed by atoms with E-state index in [0.717, 1.165) is 18.2 Å². The summed E-state index contributed by atoms with van der Waals surface area (Å²) >= 11 is 0. The van der Waals surface area contributed by atoms with Gasteiger partial charge in [0.2, 0.25) is 0 Å². The van der Waals surface area contributed by atoms with Gasteiger partial charge in [0.25, 0.3) is 0 Å². The standard InChI is InChI=1S/C13H13F3O4/c1-3-19-12(18)11-5-4-10(20-13(14,15)16)7-9(11)6-8(2)17/h4-5,7H,3,6H2,1-2H3. The Balaban J connectivity index is 3.12. The molecular weight excluding hydrogens is 277 g/mol. The van der Waals surface area contributed by atoms with Crippen molar-refractivity contribution < 1.29 is 32.2 Å². The number of ketones is 1. The smallest absolute Gasteiger partial charge is 0.462 e. The van der Waals surface area contributed by atoms with E-state index in [4.69, 9.17) is 4.74 Å². The summed E-state index contributed by atoms with van der Waals surface area (Å²) in [6, 6.07) is 3.17. The Hall–Kier alpha value is -2.05. The van der Waals surface area contributed by atoms with E-state index in [1.54, 1.807) is 6.92 Å². The maximum atomic E-state index is 12.1. The van der Waals surface area contributed by atoms with Crippen molar-refractivity contribution >= 4 is 11.8 Å². The van der Waals surface area contributed by atoms with Crippen LogP contribution in [-0.4, -0.2) is 24.7 Å². The second kappa shape index (κ2) is 6.40. The molecule has 0 radical (unpaired) electrons. The molecule has 0 aliphatic rings. The minimum absolute atomic E-state index is 0.0524. The van der Waals surface area contributed by atoms with Crippen LogP contribution in [0, 0.1) is 0 Å². The molecule has 0 bridgehead atoms. The molecule has 0 aliphatic heterocycles. The van der Waals surface area contributed by atoms with Gasteiger partial charge in [-0.15, -0.1) is 13.2 Å². The van der Waals surface area contributed by atoms with Gasteiger partial charge in [0.05, 0.1) is 12.2 Å². The summed E-state index contributed by atoms with van der Waals surface area (Å²) in [7, 11) is 0. The molecule has 4 nitrogen and oxygen atoms in total. The zero-order valence-electron chi connectivity index (χ0n) is 10.9. The fraction of sp³-hybridized carbons (Fsp3) is 0.385. The van der Waals surface area contributed by atoms with Crippen molar-refractivity contribution in [3.05, 3.63) is 29.3 Å². The Bertz CT molecular complexity index is 509. The Morgan fingerprint density at radius 1 is 1.25 bits per heavy atom. The van der Waals surface area contributed by atoms with Crippen LogP contribution in [0.5, 0.6) is 5.75 Å². The van der Waals surface area contributed by atoms with Crippen LogP contribution in [0.25, 0.3) is 0 Å². The quantitative estimate of drug-likeness (QED) is 0.782. The minimum atomic E-state index is -4.83. The number of carbonyl (C=O) groups excluding carboxylic acids is 2. The highest BCUT2D eigenvalue weighted by Gasteiger charge is 2.31. The van der Waals surface area contributed by atoms with Gasteiger partial charge in [-0.05, 0) is 37.6 Å². The molecule has 1 aromatic rings. The third-order valence-corrected chi connectivity index (χ3v) is 2.25. The van der Waals surface area contributed by atoms with E-state index >= 15 is 0 Å². The van der Waals surface area contributed by atoms with Crippen LogP contribution >= 0.6 is 0 Å². The number of hydrogen-bond donors (Lipinski definition) is 0. The van der Waals surface area contributed by atoms with Crippen LogP contribution in [0.15, 0.2) is 18.2 Å². The number of hydrogen-bond acceptors (Lipinski definition) is 4. The molecule has 0 N–H and O–H groups in total. The lowest BCUT2D eigenvalue weighted by molar-refractivity contribution is -0.274. The van der Waals surface area contributed by atoms with Crippen molar-refractivity contribution in [3.63, 3.8) is 0 Å². The van der Waals surface area contributed by atoms with Crippen LogP contribution in [0.4, 0.5) is 13.2 Å². The van der Waals surface area contributed by atoms with Gasteiger partial charge in [0, 0.05) is 6.42 Å². The number of benzene rings is 1. The van der Waals surface area contributed by atoms with E-state index in [2.05, 4.69) is 4.74 Å². The Kier molecular flexibility index (Phi) is 5.12. The van der Waals surface area contributed by atoms with Crippen molar-refractivity contribution in [1.82, 2.24) is 0 Å². The van der Waals surface area contributed by atoms with E-state index in [1.807, 2.05) is 0 Å². The van der Waals surface area contributed by atoms with Crippen molar-refractivity contribution in [3.8, 4) is 5.75 Å². The molecule has 0 saturated heterocycles. The number of carbonyl (C=O) groups is 2. The van der Waals surface area contributed by atoms with Gasteiger partial charge >= 0.3 is 12.3 Å². The highest BCUT2D eigenvalue weighted by molar-refractivity contribution is 5.93. The molecule has 0 amide bonds. The molecule has 0 heterocycles. The number of alkyl halides is 3. The molecule has 0 aromatic heterocycles. The van der Waals surface area contributed by atoms with Gasteiger partial charge in [0.15, 0.2) is 0 Å². The summed E-state index contributed by atoms with van der Waals surface area (Å²) in [6.07, 6.45) is -5.01. The lowest BCUT2D eigenvalue weighted by atomic mass is 10.0. The second-order valence-electron chi connectivity index (χ2n) is 3.97. The lowest BCUT2D eigenvalue weighted by Gasteiger charge is -2.12. The minimum Gasteiger partial charge on any atom is -0.462 e. The molecule has 1 aromatic carbocycles. The molecule has 0 spiro atoms. The number of halogens is 3. The third-order valence-electron chi connectivity index (χ3n) is 2.25. The van der Waals surface area contributed by atoms with Crippen molar-refractivity contribution in [2.45, 2.75) is 26.6 Å². The molecule has 20 heavy (non-hydrogen) atoms. The highest BCUT2D eigenvalue weighted by atomic mass is 19.4. The number of rotatable bonds is 5. The predicted molar refractivity (Wildman–Crippen MR) is 63.5 cm³/mol. The first-order chi connectivity index (χ1) is 9.23. The van der Waals surface area contributed by atoms with E-state index in [9.17, 15) is 22.8 Å². The van der Waals surface area contributed by atoms with Crippen LogP contribution in [0.3, 0.4) is 0 Å². The molecule has 7 heteroatoms. The highest BCUT2D eigenvalue weighted by Crippen LogP contribution is 2.26. The summed E-state index contributed by atoms with van der Waals surface area (Å²) in [5, 5.41) is 0. The average molecular weight is 290 g/mol. The fourth-order valence-electron chi connectivity index (χ4n) is 1.59. The lowest BCUT2D eigenvalue weighted by Crippen LogP contribution is -2.18. The van der Waals surface area contributed by atoms with Crippen LogP contribution in [0.2, 0.25) is 0 Å². The van der Waals surface area contributed by atoms with Gasteiger partial charge in [-0.25, -0.2) is 4.79 Å². The van der Waals surface area contributed by atoms with Crippen LogP contribution in [-0.2, 0) is 16.0 Å². The maximum absolute atomic E-state index is 12.1. The maximum Gasteiger partial charge on any atom is 0.573 e. The molecular formula is C13H13F3O4. The molecule has 1 rings (SSSR count). The van der Waals surface area contributed by atoms with Gasteiger partial charge in [-0.2, -0.15) is 0 Å². The van der Waals surface area contributed by atoms with Crippen molar-refractivity contribution in [1.29, 1.82) is 0 Å². The molecule has 0 saturated carbocycles. The summed E-state index contributed by atoms with van der Waals surface area (Å²) in [4.78, 5) is 22.8. The van der Waals surface area contributed by atoms with E-state index in [-0.39, 0.29) is 29.9 Å². The van der Waals surface area contributed by atoms with E-state index < -0.39 is 18.1 Å². The Labute approximate surface area is 113 Å². The van der Waals surface area contributed by atoms with Crippen molar-refractivity contribution in [2.24, 2.45) is 0 Å². The number of Topliss-reactive ketones (excluding diaryl/α,β-unsaturated/α-hetero) is 1. The topological polar surface area (TPSA) is 52.6 Å². The zero-order chi connectivity index (χ0) is 15.3. The van der Waals surface area contributed by atoms with Gasteiger partial charge in [0.1, 0.15) is 11.5 Å². The first kappa shape index (κ1) is 16.0. The van der Waals surface area contributed by atoms with E-state index in [0.29, 0.717) is 0 Å². The molecule has 0 aliphatic carbocycles. The van der Waals surface area contributed by atoms with Crippen LogP contribution in [0.1, 0.15) is 29.8 Å². The van der Waals surface area contributed by atoms with Gasteiger partial charge in [-0.1, -0.05) is 0 Å². The number of ether oxygens (including phenoxy) is 2. The molecule has 0 atom stereocenters. The average Bonchev–Trinajstić information content (AvgIpc) is 2.26. The van der Waals surface area contributed by atoms with Gasteiger partial charge < -0.3 is 9.47 Å². The van der Waals surface area contributed by atoms with Crippen molar-refractivity contribution in [2.75, 3.05) is 6.61 Å². The summed E-state index contributed by atoms with van der Waals surface area (Å²) in [5.41, 5.74) is 0.189. The SMILES string of the molecule is CCOC(=O)c1ccc(OC(F)(F)F)cc1CC(C)=O. The largest absolute Gasteiger partial charge is 0.573 e. The summed E-state index contributed by atoms with van der Waals surface area (Å²) in [5.74, 6) is -1.47. The van der Waals surface area contributed by atoms with Crippen LogP contribution < -0.4 is 4.74 Å². The van der Waals surface area contributed by atoms with Gasteiger partial charge in [-0.3, -0.25) is 4.79 Å². The summed E-state index contributed by atoms with van der Waals surface area (Å²) < 4.78 is 44.9. The Morgan fingerprint density at radius 3 is 2.40 bits per heavy atom. The number of esters is 1.